The van der Waals surface area contributed by atoms with Crippen LogP contribution in [0.1, 0.15) is 44.9 Å². The molecule has 0 aliphatic carbocycles. The standard InChI is InChI=1S/C18H23BrN2O2S/c1-12(20-9-14-10-24-11-16(14)19)13-5-7-15(8-6-13)21-17(22)23-18(2,3)4/h5-8,10-12,20H,9H2,1-4H3,(H,21,22). The minimum atomic E-state index is -0.502. The van der Waals surface area contributed by atoms with Crippen LogP contribution in [0.5, 0.6) is 0 Å². The number of hydrogen-bond donors (Lipinski definition) is 2. The molecule has 6 heteroatoms. The number of benzene rings is 1. The van der Waals surface area contributed by atoms with Gasteiger partial charge in [0.05, 0.1) is 0 Å². The largest absolute Gasteiger partial charge is 0.444 e. The Morgan fingerprint density at radius 3 is 2.46 bits per heavy atom. The molecule has 1 aromatic carbocycles. The first kappa shape index (κ1) is 19.0. The fraction of sp³-hybridized carbons (Fsp3) is 0.389. The van der Waals surface area contributed by atoms with Crippen molar-refractivity contribution in [3.05, 3.63) is 50.6 Å². The van der Waals surface area contributed by atoms with Gasteiger partial charge in [-0.25, -0.2) is 4.79 Å². The third kappa shape index (κ3) is 5.92. The van der Waals surface area contributed by atoms with E-state index in [-0.39, 0.29) is 6.04 Å². The second-order valence-electron chi connectivity index (χ2n) is 6.60. The molecule has 2 N–H and O–H groups in total. The Hall–Kier alpha value is -1.37. The minimum absolute atomic E-state index is 0.215. The molecule has 1 unspecified atom stereocenters. The van der Waals surface area contributed by atoms with Crippen molar-refractivity contribution in [1.82, 2.24) is 5.32 Å². The van der Waals surface area contributed by atoms with Crippen molar-refractivity contribution in [2.24, 2.45) is 0 Å². The van der Waals surface area contributed by atoms with Crippen molar-refractivity contribution in [3.8, 4) is 0 Å². The molecule has 2 rings (SSSR count). The van der Waals surface area contributed by atoms with Crippen LogP contribution >= 0.6 is 27.3 Å². The number of carbonyl (C=O) groups is 1. The molecule has 0 saturated heterocycles. The van der Waals surface area contributed by atoms with Crippen molar-refractivity contribution in [2.75, 3.05) is 5.32 Å². The Bertz CT molecular complexity index is 677. The molecule has 130 valence electrons. The molecule has 0 radical (unpaired) electrons. The van der Waals surface area contributed by atoms with E-state index in [1.54, 1.807) is 11.3 Å². The number of ether oxygens (including phenoxy) is 1. The van der Waals surface area contributed by atoms with Crippen LogP contribution in [0, 0.1) is 0 Å². The summed E-state index contributed by atoms with van der Waals surface area (Å²) in [5.74, 6) is 0. The first-order valence-corrected chi connectivity index (χ1v) is 9.52. The summed E-state index contributed by atoms with van der Waals surface area (Å²) in [7, 11) is 0. The smallest absolute Gasteiger partial charge is 0.412 e. The van der Waals surface area contributed by atoms with Gasteiger partial charge < -0.3 is 10.1 Å². The quantitative estimate of drug-likeness (QED) is 0.663. The zero-order valence-corrected chi connectivity index (χ0v) is 16.8. The zero-order valence-electron chi connectivity index (χ0n) is 14.4. The number of nitrogens with one attached hydrogen (secondary N) is 2. The average Bonchev–Trinajstić information content (AvgIpc) is 2.89. The molecule has 0 aliphatic heterocycles. The maximum Gasteiger partial charge on any atom is 0.412 e. The van der Waals surface area contributed by atoms with Gasteiger partial charge in [-0.05, 0) is 72.3 Å². The number of carbonyl (C=O) groups excluding carboxylic acids is 1. The Morgan fingerprint density at radius 1 is 1.25 bits per heavy atom. The minimum Gasteiger partial charge on any atom is -0.444 e. The first-order valence-electron chi connectivity index (χ1n) is 7.78. The maximum absolute atomic E-state index is 11.8. The lowest BCUT2D eigenvalue weighted by atomic mass is 10.1. The highest BCUT2D eigenvalue weighted by Gasteiger charge is 2.16. The maximum atomic E-state index is 11.8. The third-order valence-electron chi connectivity index (χ3n) is 3.34. The molecule has 2 aromatic rings. The van der Waals surface area contributed by atoms with Gasteiger partial charge in [0.15, 0.2) is 0 Å². The molecule has 1 atom stereocenters. The summed E-state index contributed by atoms with van der Waals surface area (Å²) in [5, 5.41) is 10.5. The number of halogens is 1. The van der Waals surface area contributed by atoms with Gasteiger partial charge in [0.1, 0.15) is 5.60 Å². The van der Waals surface area contributed by atoms with Crippen LogP contribution in [0.25, 0.3) is 0 Å². The fourth-order valence-corrected chi connectivity index (χ4v) is 3.53. The molecule has 0 aliphatic rings. The van der Waals surface area contributed by atoms with E-state index in [1.165, 1.54) is 5.56 Å². The van der Waals surface area contributed by atoms with E-state index < -0.39 is 11.7 Å². The molecular weight excluding hydrogens is 388 g/mol. The number of thiophene rings is 1. The summed E-state index contributed by atoms with van der Waals surface area (Å²) >= 11 is 5.23. The molecule has 0 bridgehead atoms. The van der Waals surface area contributed by atoms with Crippen molar-refractivity contribution < 1.29 is 9.53 Å². The van der Waals surface area contributed by atoms with Crippen LogP contribution in [-0.2, 0) is 11.3 Å². The van der Waals surface area contributed by atoms with Crippen LogP contribution in [-0.4, -0.2) is 11.7 Å². The molecule has 0 saturated carbocycles. The third-order valence-corrected chi connectivity index (χ3v) is 5.18. The lowest BCUT2D eigenvalue weighted by Gasteiger charge is -2.20. The molecule has 24 heavy (non-hydrogen) atoms. The topological polar surface area (TPSA) is 50.4 Å². The van der Waals surface area contributed by atoms with Crippen LogP contribution in [0.2, 0.25) is 0 Å². The van der Waals surface area contributed by atoms with Gasteiger partial charge >= 0.3 is 6.09 Å². The Morgan fingerprint density at radius 2 is 1.92 bits per heavy atom. The Balaban J connectivity index is 1.89. The van der Waals surface area contributed by atoms with Crippen LogP contribution in [0.4, 0.5) is 10.5 Å². The summed E-state index contributed by atoms with van der Waals surface area (Å²) in [6, 6.07) is 8.00. The van der Waals surface area contributed by atoms with Gasteiger partial charge in [-0.2, -0.15) is 11.3 Å². The predicted molar refractivity (Wildman–Crippen MR) is 104 cm³/mol. The van der Waals surface area contributed by atoms with E-state index >= 15 is 0 Å². The van der Waals surface area contributed by atoms with Crippen LogP contribution < -0.4 is 10.6 Å². The number of rotatable bonds is 5. The van der Waals surface area contributed by atoms with Gasteiger partial charge in [0.2, 0.25) is 0 Å². The first-order chi connectivity index (χ1) is 11.2. The second kappa shape index (κ2) is 8.14. The SMILES string of the molecule is CC(NCc1cscc1Br)c1ccc(NC(=O)OC(C)(C)C)cc1. The van der Waals surface area contributed by atoms with E-state index in [4.69, 9.17) is 4.74 Å². The van der Waals surface area contributed by atoms with Crippen LogP contribution in [0.3, 0.4) is 0 Å². The molecule has 4 nitrogen and oxygen atoms in total. The second-order valence-corrected chi connectivity index (χ2v) is 8.19. The van der Waals surface area contributed by atoms with Crippen LogP contribution in [0.15, 0.2) is 39.5 Å². The zero-order chi connectivity index (χ0) is 17.7. The average molecular weight is 411 g/mol. The highest BCUT2D eigenvalue weighted by molar-refractivity contribution is 9.10. The summed E-state index contributed by atoms with van der Waals surface area (Å²) in [6.07, 6.45) is -0.441. The summed E-state index contributed by atoms with van der Waals surface area (Å²) in [5.41, 5.74) is 2.64. The van der Waals surface area contributed by atoms with E-state index in [0.717, 1.165) is 22.3 Å². The van der Waals surface area contributed by atoms with Gasteiger partial charge in [-0.15, -0.1) is 0 Å². The summed E-state index contributed by atoms with van der Waals surface area (Å²) in [4.78, 5) is 11.8. The normalized spacial score (nSPS) is 12.7. The summed E-state index contributed by atoms with van der Waals surface area (Å²) in [6.45, 7) is 8.46. The molecule has 1 heterocycles. The Kier molecular flexibility index (Phi) is 6.43. The predicted octanol–water partition coefficient (Wildman–Crippen LogP) is 5.71. The molecule has 1 amide bonds. The Labute approximate surface area is 155 Å². The molecule has 0 fully saturated rings. The molecular formula is C18H23BrN2O2S. The lowest BCUT2D eigenvalue weighted by Crippen LogP contribution is -2.27. The fourth-order valence-electron chi connectivity index (χ4n) is 2.09. The van der Waals surface area contributed by atoms with Crippen molar-refractivity contribution in [2.45, 2.75) is 45.9 Å². The highest BCUT2D eigenvalue weighted by Crippen LogP contribution is 2.23. The van der Waals surface area contributed by atoms with E-state index in [9.17, 15) is 4.79 Å². The van der Waals surface area contributed by atoms with E-state index in [1.807, 2.05) is 45.0 Å². The van der Waals surface area contributed by atoms with Gasteiger partial charge in [0.25, 0.3) is 0 Å². The number of anilines is 1. The molecule has 0 spiro atoms. The van der Waals surface area contributed by atoms with Gasteiger partial charge in [-0.3, -0.25) is 5.32 Å². The monoisotopic (exact) mass is 410 g/mol. The lowest BCUT2D eigenvalue weighted by molar-refractivity contribution is 0.0636. The van der Waals surface area contributed by atoms with E-state index in [0.29, 0.717) is 0 Å². The number of amides is 1. The van der Waals surface area contributed by atoms with Crippen molar-refractivity contribution >= 4 is 39.0 Å². The van der Waals surface area contributed by atoms with E-state index in [2.05, 4.69) is 44.2 Å². The van der Waals surface area contributed by atoms with Gasteiger partial charge in [-0.1, -0.05) is 12.1 Å². The highest BCUT2D eigenvalue weighted by atomic mass is 79.9. The molecule has 1 aromatic heterocycles. The van der Waals surface area contributed by atoms with Crippen molar-refractivity contribution in [1.29, 1.82) is 0 Å². The number of hydrogen-bond acceptors (Lipinski definition) is 4. The van der Waals surface area contributed by atoms with Crippen molar-refractivity contribution in [3.63, 3.8) is 0 Å². The summed E-state index contributed by atoms with van der Waals surface area (Å²) < 4.78 is 6.39. The van der Waals surface area contributed by atoms with Gasteiger partial charge in [0, 0.05) is 28.1 Å².